The lowest BCUT2D eigenvalue weighted by molar-refractivity contribution is 0.104. The summed E-state index contributed by atoms with van der Waals surface area (Å²) in [6.45, 7) is 6.26. The van der Waals surface area contributed by atoms with Gasteiger partial charge < -0.3 is 5.73 Å². The van der Waals surface area contributed by atoms with Gasteiger partial charge in [-0.2, -0.15) is 0 Å². The number of nitrogen functional groups attached to an aromatic ring is 1. The van der Waals surface area contributed by atoms with E-state index in [1.807, 2.05) is 12.1 Å². The number of nitrogens with two attached hydrogens (primary N) is 1. The Kier molecular flexibility index (Phi) is 3.68. The van der Waals surface area contributed by atoms with Gasteiger partial charge in [0.15, 0.2) is 0 Å². The molecule has 0 aliphatic heterocycles. The normalized spacial score (nSPS) is 11.8. The van der Waals surface area contributed by atoms with E-state index < -0.39 is 0 Å². The van der Waals surface area contributed by atoms with E-state index in [1.165, 1.54) is 35.6 Å². The summed E-state index contributed by atoms with van der Waals surface area (Å²) in [5.74, 6) is -0.579. The summed E-state index contributed by atoms with van der Waals surface area (Å²) in [5.41, 5.74) is 7.87. The Morgan fingerprint density at radius 3 is 2.39 bits per heavy atom. The van der Waals surface area contributed by atoms with Crippen LogP contribution < -0.4 is 5.73 Å². The molecule has 1 aromatic carbocycles. The highest BCUT2D eigenvalue weighted by Crippen LogP contribution is 2.35. The first kappa shape index (κ1) is 15.6. The van der Waals surface area contributed by atoms with Crippen molar-refractivity contribution in [3.8, 4) is 0 Å². The summed E-state index contributed by atoms with van der Waals surface area (Å²) in [4.78, 5) is 18.5. The van der Waals surface area contributed by atoms with Crippen LogP contribution in [0.15, 0.2) is 36.4 Å². The van der Waals surface area contributed by atoms with Crippen LogP contribution in [0, 0.1) is 5.82 Å². The topological polar surface area (TPSA) is 56.0 Å². The molecule has 3 rings (SSSR count). The van der Waals surface area contributed by atoms with Crippen LogP contribution in [0.3, 0.4) is 0 Å². The third-order valence-electron chi connectivity index (χ3n) is 3.67. The fourth-order valence-electron chi connectivity index (χ4n) is 2.32. The number of carbonyl (C=O) groups is 1. The third kappa shape index (κ3) is 2.84. The molecule has 3 nitrogen and oxygen atoms in total. The first-order chi connectivity index (χ1) is 10.8. The van der Waals surface area contributed by atoms with Crippen LogP contribution in [0.4, 0.5) is 10.1 Å². The number of nitrogens with zero attached hydrogens (tertiary/aromatic N) is 1. The highest BCUT2D eigenvalue weighted by atomic mass is 32.1. The molecule has 118 valence electrons. The smallest absolute Gasteiger partial charge is 0.205 e. The number of hydrogen-bond acceptors (Lipinski definition) is 4. The molecule has 0 radical (unpaired) electrons. The fourth-order valence-corrected chi connectivity index (χ4v) is 3.37. The molecule has 2 heterocycles. The monoisotopic (exact) mass is 328 g/mol. The SMILES string of the molecule is CC(C)(C)c1ccc2c(N)c(C(=O)c3ccc(F)cc3)sc2n1. The molecule has 3 aromatic rings. The standard InChI is InChI=1S/C18H17FN2OS/c1-18(2,3)13-9-8-12-14(20)16(23-17(12)21-13)15(22)10-4-6-11(19)7-5-10/h4-9H,20H2,1-3H3. The number of thiophene rings is 1. The Morgan fingerprint density at radius 2 is 1.78 bits per heavy atom. The second-order valence-corrected chi connectivity index (χ2v) is 7.48. The summed E-state index contributed by atoms with van der Waals surface area (Å²) >= 11 is 1.28. The molecule has 0 spiro atoms. The molecule has 0 unspecified atom stereocenters. The molecule has 2 aromatic heterocycles. The first-order valence-electron chi connectivity index (χ1n) is 7.27. The van der Waals surface area contributed by atoms with Gasteiger partial charge in [0.25, 0.3) is 0 Å². The van der Waals surface area contributed by atoms with Gasteiger partial charge in [0.2, 0.25) is 5.78 Å². The number of carbonyl (C=O) groups excluding carboxylic acids is 1. The van der Waals surface area contributed by atoms with Crippen LogP contribution in [0.2, 0.25) is 0 Å². The zero-order valence-electron chi connectivity index (χ0n) is 13.2. The van der Waals surface area contributed by atoms with Crippen LogP contribution in [0.1, 0.15) is 41.7 Å². The molecule has 0 atom stereocenters. The predicted octanol–water partition coefficient (Wildman–Crippen LogP) is 4.55. The first-order valence-corrected chi connectivity index (χ1v) is 8.09. The number of rotatable bonds is 2. The Balaban J connectivity index is 2.09. The van der Waals surface area contributed by atoms with Gasteiger partial charge in [-0.25, -0.2) is 9.37 Å². The summed E-state index contributed by atoms with van der Waals surface area (Å²) in [6, 6.07) is 9.33. The van der Waals surface area contributed by atoms with E-state index in [0.717, 1.165) is 15.9 Å². The zero-order valence-corrected chi connectivity index (χ0v) is 14.0. The number of aromatic nitrogens is 1. The second kappa shape index (κ2) is 5.42. The van der Waals surface area contributed by atoms with E-state index in [-0.39, 0.29) is 17.0 Å². The van der Waals surface area contributed by atoms with Gasteiger partial charge in [0.1, 0.15) is 15.5 Å². The van der Waals surface area contributed by atoms with E-state index in [0.29, 0.717) is 16.1 Å². The largest absolute Gasteiger partial charge is 0.397 e. The van der Waals surface area contributed by atoms with E-state index >= 15 is 0 Å². The Hall–Kier alpha value is -2.27. The quantitative estimate of drug-likeness (QED) is 0.702. The van der Waals surface area contributed by atoms with Gasteiger partial charge in [0.05, 0.1) is 5.69 Å². The zero-order chi connectivity index (χ0) is 16.8. The van der Waals surface area contributed by atoms with Crippen LogP contribution >= 0.6 is 11.3 Å². The number of benzene rings is 1. The highest BCUT2D eigenvalue weighted by Gasteiger charge is 2.21. The lowest BCUT2D eigenvalue weighted by Crippen LogP contribution is -2.12. The minimum Gasteiger partial charge on any atom is -0.397 e. The number of pyridine rings is 1. The molecule has 23 heavy (non-hydrogen) atoms. The second-order valence-electron chi connectivity index (χ2n) is 6.48. The van der Waals surface area contributed by atoms with Gasteiger partial charge in [-0.3, -0.25) is 4.79 Å². The maximum Gasteiger partial charge on any atom is 0.205 e. The fraction of sp³-hybridized carbons (Fsp3) is 0.222. The van der Waals surface area contributed by atoms with Crippen LogP contribution in [0.25, 0.3) is 10.2 Å². The number of hydrogen-bond donors (Lipinski definition) is 1. The lowest BCUT2D eigenvalue weighted by atomic mass is 9.91. The minimum absolute atomic E-state index is 0.0753. The van der Waals surface area contributed by atoms with Crippen molar-refractivity contribution in [1.29, 1.82) is 0 Å². The maximum absolute atomic E-state index is 13.0. The molecule has 0 amide bonds. The molecular weight excluding hydrogens is 311 g/mol. The lowest BCUT2D eigenvalue weighted by Gasteiger charge is -2.17. The van der Waals surface area contributed by atoms with Crippen molar-refractivity contribution in [2.75, 3.05) is 5.73 Å². The van der Waals surface area contributed by atoms with Crippen molar-refractivity contribution in [3.05, 3.63) is 58.3 Å². The summed E-state index contributed by atoms with van der Waals surface area (Å²) in [5, 5.41) is 0.786. The van der Waals surface area contributed by atoms with Crippen LogP contribution in [-0.2, 0) is 5.41 Å². The molecule has 0 aliphatic rings. The molecule has 0 aliphatic carbocycles. The van der Waals surface area contributed by atoms with Gasteiger partial charge >= 0.3 is 0 Å². The van der Waals surface area contributed by atoms with Crippen molar-refractivity contribution in [3.63, 3.8) is 0 Å². The van der Waals surface area contributed by atoms with Crippen molar-refractivity contribution < 1.29 is 9.18 Å². The molecule has 0 saturated heterocycles. The molecule has 0 bridgehead atoms. The van der Waals surface area contributed by atoms with Crippen LogP contribution in [-0.4, -0.2) is 10.8 Å². The molecule has 0 saturated carbocycles. The maximum atomic E-state index is 13.0. The van der Waals surface area contributed by atoms with Gasteiger partial charge in [-0.1, -0.05) is 20.8 Å². The highest BCUT2D eigenvalue weighted by molar-refractivity contribution is 7.21. The van der Waals surface area contributed by atoms with E-state index in [4.69, 9.17) is 5.73 Å². The minimum atomic E-state index is -0.373. The van der Waals surface area contributed by atoms with Crippen molar-refractivity contribution in [2.24, 2.45) is 0 Å². The van der Waals surface area contributed by atoms with E-state index in [1.54, 1.807) is 0 Å². The number of anilines is 1. The number of ketones is 1. The van der Waals surface area contributed by atoms with Crippen molar-refractivity contribution in [2.45, 2.75) is 26.2 Å². The van der Waals surface area contributed by atoms with E-state index in [9.17, 15) is 9.18 Å². The average Bonchev–Trinajstić information content (AvgIpc) is 2.83. The van der Waals surface area contributed by atoms with Gasteiger partial charge in [-0.05, 0) is 36.4 Å². The Morgan fingerprint density at radius 1 is 1.13 bits per heavy atom. The molecule has 0 fully saturated rings. The Labute approximate surface area is 138 Å². The van der Waals surface area contributed by atoms with Crippen LogP contribution in [0.5, 0.6) is 0 Å². The Bertz CT molecular complexity index is 892. The summed E-state index contributed by atoms with van der Waals surface area (Å²) < 4.78 is 13.0. The van der Waals surface area contributed by atoms with Gasteiger partial charge in [-0.15, -0.1) is 11.3 Å². The van der Waals surface area contributed by atoms with E-state index in [2.05, 4.69) is 25.8 Å². The van der Waals surface area contributed by atoms with Gasteiger partial charge in [0, 0.05) is 22.1 Å². The average molecular weight is 328 g/mol. The number of halogens is 1. The predicted molar refractivity (Wildman–Crippen MR) is 92.6 cm³/mol. The van der Waals surface area contributed by atoms with Crippen molar-refractivity contribution in [1.82, 2.24) is 4.98 Å². The summed E-state index contributed by atoms with van der Waals surface area (Å²) in [6.07, 6.45) is 0. The van der Waals surface area contributed by atoms with Crippen molar-refractivity contribution >= 4 is 33.0 Å². The molecule has 5 heteroatoms. The number of fused-ring (bicyclic) bond motifs is 1. The summed E-state index contributed by atoms with van der Waals surface area (Å²) in [7, 11) is 0. The molecular formula is C18H17FN2OS. The third-order valence-corrected chi connectivity index (χ3v) is 4.79. The molecule has 2 N–H and O–H groups in total.